The molecule has 0 spiro atoms. The zero-order valence-corrected chi connectivity index (χ0v) is 14.8. The molecule has 0 radical (unpaired) electrons. The number of piperidine rings is 1. The number of carbonyl (C=O) groups is 1. The number of aromatic nitrogens is 1. The van der Waals surface area contributed by atoms with Crippen LogP contribution in [-0.2, 0) is 4.79 Å². The molecule has 1 aromatic carbocycles. The topological polar surface area (TPSA) is 48.5 Å². The highest BCUT2D eigenvalue weighted by molar-refractivity contribution is 5.93. The summed E-state index contributed by atoms with van der Waals surface area (Å²) in [5.74, 6) is 0.286. The molecule has 132 valence electrons. The second-order valence-corrected chi connectivity index (χ2v) is 7.20. The van der Waals surface area contributed by atoms with Gasteiger partial charge in [-0.1, -0.05) is 18.6 Å². The molecule has 5 heteroatoms. The first-order chi connectivity index (χ1) is 12.2. The maximum Gasteiger partial charge on any atom is 0.240 e. The van der Waals surface area contributed by atoms with Gasteiger partial charge in [0.25, 0.3) is 0 Å². The van der Waals surface area contributed by atoms with Gasteiger partial charge in [0.1, 0.15) is 0 Å². The van der Waals surface area contributed by atoms with E-state index < -0.39 is 0 Å². The van der Waals surface area contributed by atoms with Crippen molar-refractivity contribution in [3.05, 3.63) is 36.7 Å². The molecule has 2 aliphatic rings. The minimum Gasteiger partial charge on any atom is -0.367 e. The molecule has 3 heterocycles. The lowest BCUT2D eigenvalue weighted by Gasteiger charge is -2.43. The minimum atomic E-state index is 0.0198. The van der Waals surface area contributed by atoms with E-state index in [2.05, 4.69) is 51.3 Å². The zero-order chi connectivity index (χ0) is 17.2. The third-order valence-electron chi connectivity index (χ3n) is 5.52. The molecular weight excluding hydrogens is 312 g/mol. The van der Waals surface area contributed by atoms with E-state index >= 15 is 0 Å². The Bertz CT molecular complexity index is 751. The fraction of sp³-hybridized carbons (Fsp3) is 0.500. The molecule has 5 nitrogen and oxygen atoms in total. The molecule has 4 rings (SSSR count). The molecule has 25 heavy (non-hydrogen) atoms. The van der Waals surface area contributed by atoms with Gasteiger partial charge in [-0.25, -0.2) is 0 Å². The maximum absolute atomic E-state index is 12.9. The van der Waals surface area contributed by atoms with Crippen LogP contribution < -0.4 is 10.2 Å². The van der Waals surface area contributed by atoms with E-state index in [1.54, 1.807) is 0 Å². The Morgan fingerprint density at radius 2 is 2.16 bits per heavy atom. The van der Waals surface area contributed by atoms with Crippen LogP contribution in [0.3, 0.4) is 0 Å². The smallest absolute Gasteiger partial charge is 0.240 e. The Balaban J connectivity index is 1.50. The molecule has 0 bridgehead atoms. The summed E-state index contributed by atoms with van der Waals surface area (Å²) in [5, 5.41) is 5.79. The van der Waals surface area contributed by atoms with Gasteiger partial charge < -0.3 is 15.1 Å². The Labute approximate surface area is 149 Å². The van der Waals surface area contributed by atoms with Crippen molar-refractivity contribution in [2.45, 2.75) is 38.3 Å². The van der Waals surface area contributed by atoms with Crippen molar-refractivity contribution in [1.82, 2.24) is 15.2 Å². The molecule has 1 unspecified atom stereocenters. The van der Waals surface area contributed by atoms with Gasteiger partial charge in [-0.15, -0.1) is 0 Å². The molecule has 1 aromatic heterocycles. The van der Waals surface area contributed by atoms with E-state index in [-0.39, 0.29) is 18.0 Å². The van der Waals surface area contributed by atoms with Crippen LogP contribution in [0.2, 0.25) is 0 Å². The Hall–Kier alpha value is -2.14. The van der Waals surface area contributed by atoms with Gasteiger partial charge in [-0.3, -0.25) is 9.78 Å². The average molecular weight is 338 g/mol. The predicted octanol–water partition coefficient (Wildman–Crippen LogP) is 2.41. The van der Waals surface area contributed by atoms with Crippen LogP contribution >= 0.6 is 0 Å². The second kappa shape index (κ2) is 7.00. The number of hydrogen-bond donors (Lipinski definition) is 1. The van der Waals surface area contributed by atoms with Crippen LogP contribution in [0.15, 0.2) is 36.7 Å². The number of piperazine rings is 1. The van der Waals surface area contributed by atoms with E-state index in [1.807, 2.05) is 12.4 Å². The largest absolute Gasteiger partial charge is 0.367 e. The summed E-state index contributed by atoms with van der Waals surface area (Å²) in [6.07, 6.45) is 7.08. The van der Waals surface area contributed by atoms with Crippen molar-refractivity contribution in [3.8, 4) is 0 Å². The molecule has 2 saturated heterocycles. The summed E-state index contributed by atoms with van der Waals surface area (Å²) in [4.78, 5) is 21.6. The van der Waals surface area contributed by atoms with Crippen molar-refractivity contribution >= 4 is 22.4 Å². The third kappa shape index (κ3) is 3.21. The van der Waals surface area contributed by atoms with Gasteiger partial charge in [-0.2, -0.15) is 0 Å². The number of fused-ring (bicyclic) bond motifs is 1. The Morgan fingerprint density at radius 3 is 2.96 bits per heavy atom. The molecule has 2 fully saturated rings. The molecule has 2 aliphatic heterocycles. The lowest BCUT2D eigenvalue weighted by molar-refractivity contribution is -0.136. The molecular formula is C20H26N4O. The highest BCUT2D eigenvalue weighted by Crippen LogP contribution is 2.28. The summed E-state index contributed by atoms with van der Waals surface area (Å²) in [5.41, 5.74) is 1.25. The number of amides is 1. The van der Waals surface area contributed by atoms with Crippen LogP contribution in [0.4, 0.5) is 5.69 Å². The summed E-state index contributed by atoms with van der Waals surface area (Å²) in [6, 6.07) is 8.69. The number of benzene rings is 1. The van der Waals surface area contributed by atoms with Crippen molar-refractivity contribution in [2.24, 2.45) is 0 Å². The van der Waals surface area contributed by atoms with Crippen molar-refractivity contribution < 1.29 is 4.79 Å². The van der Waals surface area contributed by atoms with Crippen LogP contribution in [-0.4, -0.2) is 54.1 Å². The summed E-state index contributed by atoms with van der Waals surface area (Å²) < 4.78 is 0. The number of carbonyl (C=O) groups excluding carboxylic acids is 1. The normalized spacial score (nSPS) is 24.5. The van der Waals surface area contributed by atoms with Crippen molar-refractivity contribution in [1.29, 1.82) is 0 Å². The minimum absolute atomic E-state index is 0.0198. The van der Waals surface area contributed by atoms with Gasteiger partial charge in [-0.05, 0) is 38.4 Å². The number of hydrogen-bond acceptors (Lipinski definition) is 4. The first-order valence-electron chi connectivity index (χ1n) is 9.35. The Kier molecular flexibility index (Phi) is 4.57. The fourth-order valence-electron chi connectivity index (χ4n) is 4.15. The summed E-state index contributed by atoms with van der Waals surface area (Å²) in [7, 11) is 0. The van der Waals surface area contributed by atoms with Crippen LogP contribution in [0.1, 0.15) is 26.2 Å². The second-order valence-electron chi connectivity index (χ2n) is 7.20. The maximum atomic E-state index is 12.9. The van der Waals surface area contributed by atoms with Crippen LogP contribution in [0.5, 0.6) is 0 Å². The van der Waals surface area contributed by atoms with Crippen LogP contribution in [0, 0.1) is 0 Å². The standard InChI is InChI=1S/C20H26N4O/c1-15-14-23(19-7-4-5-16-13-21-10-8-17(16)19)11-12-24(15)20(25)18-6-2-3-9-22-18/h4-5,7-8,10,13,15,18,22H,2-3,6,9,11-12,14H2,1H3/t15?,18-/m1/s1. The fourth-order valence-corrected chi connectivity index (χ4v) is 4.15. The van der Waals surface area contributed by atoms with E-state index in [4.69, 9.17) is 0 Å². The highest BCUT2D eigenvalue weighted by atomic mass is 16.2. The van der Waals surface area contributed by atoms with E-state index in [9.17, 15) is 4.79 Å². The molecule has 0 aliphatic carbocycles. The summed E-state index contributed by atoms with van der Waals surface area (Å²) in [6.45, 7) is 5.68. The Morgan fingerprint density at radius 1 is 1.24 bits per heavy atom. The van der Waals surface area contributed by atoms with Gasteiger partial charge in [0.05, 0.1) is 6.04 Å². The average Bonchev–Trinajstić information content (AvgIpc) is 2.67. The lowest BCUT2D eigenvalue weighted by Crippen LogP contribution is -2.58. The molecule has 1 N–H and O–H groups in total. The number of nitrogens with zero attached hydrogens (tertiary/aromatic N) is 3. The van der Waals surface area contributed by atoms with Gasteiger partial charge >= 0.3 is 0 Å². The number of pyridine rings is 1. The number of rotatable bonds is 2. The highest BCUT2D eigenvalue weighted by Gasteiger charge is 2.32. The third-order valence-corrected chi connectivity index (χ3v) is 5.52. The van der Waals surface area contributed by atoms with E-state index in [0.717, 1.165) is 44.4 Å². The lowest BCUT2D eigenvalue weighted by atomic mass is 10.0. The predicted molar refractivity (Wildman–Crippen MR) is 101 cm³/mol. The quantitative estimate of drug-likeness (QED) is 0.914. The number of anilines is 1. The van der Waals surface area contributed by atoms with Gasteiger partial charge in [0.15, 0.2) is 0 Å². The molecule has 2 aromatic rings. The SMILES string of the molecule is CC1CN(c2cccc3cnccc23)CCN1C(=O)[C@H]1CCCCN1. The van der Waals surface area contributed by atoms with Gasteiger partial charge in [0.2, 0.25) is 5.91 Å². The first kappa shape index (κ1) is 16.3. The molecule has 1 amide bonds. The molecule has 0 saturated carbocycles. The van der Waals surface area contributed by atoms with Crippen LogP contribution in [0.25, 0.3) is 10.8 Å². The van der Waals surface area contributed by atoms with Crippen molar-refractivity contribution in [2.75, 3.05) is 31.1 Å². The first-order valence-corrected chi connectivity index (χ1v) is 9.35. The monoisotopic (exact) mass is 338 g/mol. The zero-order valence-electron chi connectivity index (χ0n) is 14.8. The number of nitrogens with one attached hydrogen (secondary N) is 1. The van der Waals surface area contributed by atoms with E-state index in [1.165, 1.54) is 17.5 Å². The summed E-state index contributed by atoms with van der Waals surface area (Å²) >= 11 is 0. The van der Waals surface area contributed by atoms with Crippen molar-refractivity contribution in [3.63, 3.8) is 0 Å². The molecule has 2 atom stereocenters. The van der Waals surface area contributed by atoms with Gasteiger partial charge in [0, 0.05) is 54.5 Å². The van der Waals surface area contributed by atoms with E-state index in [0.29, 0.717) is 0 Å².